The Hall–Kier alpha value is -0.0400. The highest BCUT2D eigenvalue weighted by molar-refractivity contribution is 4.88. The molecule has 0 aromatic rings. The van der Waals surface area contributed by atoms with E-state index in [1.807, 2.05) is 0 Å². The zero-order valence-corrected chi connectivity index (χ0v) is 9.34. The minimum Gasteiger partial charge on any atom is -0.303 e. The molecule has 13 heavy (non-hydrogen) atoms. The molecule has 1 heteroatoms. The van der Waals surface area contributed by atoms with E-state index >= 15 is 0 Å². The predicted molar refractivity (Wildman–Crippen MR) is 56.8 cm³/mol. The minimum absolute atomic E-state index is 0.614. The second-order valence-corrected chi connectivity index (χ2v) is 5.94. The first-order valence-corrected chi connectivity index (χ1v) is 5.77. The van der Waals surface area contributed by atoms with Gasteiger partial charge in [-0.05, 0) is 50.5 Å². The Morgan fingerprint density at radius 2 is 1.92 bits per heavy atom. The van der Waals surface area contributed by atoms with E-state index in [1.54, 1.807) is 0 Å². The summed E-state index contributed by atoms with van der Waals surface area (Å²) in [5.74, 6) is 1.05. The summed E-state index contributed by atoms with van der Waals surface area (Å²) >= 11 is 0. The Morgan fingerprint density at radius 3 is 2.38 bits per heavy atom. The van der Waals surface area contributed by atoms with Crippen molar-refractivity contribution in [1.82, 2.24) is 4.90 Å². The quantitative estimate of drug-likeness (QED) is 0.647. The molecule has 0 spiro atoms. The third-order valence-corrected chi connectivity index (χ3v) is 3.81. The van der Waals surface area contributed by atoms with Crippen LogP contribution in [0.3, 0.4) is 0 Å². The topological polar surface area (TPSA) is 3.24 Å². The van der Waals surface area contributed by atoms with Crippen molar-refractivity contribution in [1.29, 1.82) is 0 Å². The third kappa shape index (κ3) is 2.46. The monoisotopic (exact) mass is 181 g/mol. The summed E-state index contributed by atoms with van der Waals surface area (Å²) < 4.78 is 0. The molecule has 1 unspecified atom stereocenters. The van der Waals surface area contributed by atoms with Gasteiger partial charge in [-0.2, -0.15) is 0 Å². The van der Waals surface area contributed by atoms with Gasteiger partial charge in [0, 0.05) is 12.6 Å². The van der Waals surface area contributed by atoms with Crippen LogP contribution in [-0.4, -0.2) is 24.5 Å². The molecule has 76 valence electrons. The van der Waals surface area contributed by atoms with E-state index in [0.717, 1.165) is 12.0 Å². The van der Waals surface area contributed by atoms with Gasteiger partial charge < -0.3 is 4.90 Å². The van der Waals surface area contributed by atoms with Crippen LogP contribution in [0.4, 0.5) is 0 Å². The number of hydrogen-bond acceptors (Lipinski definition) is 1. The van der Waals surface area contributed by atoms with Gasteiger partial charge in [-0.3, -0.25) is 0 Å². The summed E-state index contributed by atoms with van der Waals surface area (Å²) in [4.78, 5) is 2.62. The van der Waals surface area contributed by atoms with Gasteiger partial charge in [-0.15, -0.1) is 0 Å². The Labute approximate surface area is 82.5 Å². The van der Waals surface area contributed by atoms with Gasteiger partial charge >= 0.3 is 0 Å². The molecule has 0 aromatic carbocycles. The summed E-state index contributed by atoms with van der Waals surface area (Å²) in [7, 11) is 2.32. The van der Waals surface area contributed by atoms with Crippen molar-refractivity contribution in [2.45, 2.75) is 52.0 Å². The van der Waals surface area contributed by atoms with Crippen molar-refractivity contribution in [2.75, 3.05) is 13.6 Å². The molecule has 2 aliphatic rings. The van der Waals surface area contributed by atoms with Crippen LogP contribution in [-0.2, 0) is 0 Å². The maximum Gasteiger partial charge on any atom is 0.00976 e. The minimum atomic E-state index is 0.614. The molecule has 1 atom stereocenters. The van der Waals surface area contributed by atoms with Crippen molar-refractivity contribution < 1.29 is 0 Å². The maximum absolute atomic E-state index is 2.62. The van der Waals surface area contributed by atoms with Gasteiger partial charge in [0.15, 0.2) is 0 Å². The lowest BCUT2D eigenvalue weighted by molar-refractivity contribution is 0.219. The van der Waals surface area contributed by atoms with E-state index in [2.05, 4.69) is 25.8 Å². The van der Waals surface area contributed by atoms with Crippen LogP contribution >= 0.6 is 0 Å². The van der Waals surface area contributed by atoms with E-state index in [9.17, 15) is 0 Å². The fourth-order valence-electron chi connectivity index (χ4n) is 2.63. The van der Waals surface area contributed by atoms with Crippen LogP contribution in [0.25, 0.3) is 0 Å². The highest BCUT2D eigenvalue weighted by Crippen LogP contribution is 2.40. The first-order valence-electron chi connectivity index (χ1n) is 5.77. The van der Waals surface area contributed by atoms with Gasteiger partial charge in [-0.25, -0.2) is 0 Å². The Kier molecular flexibility index (Phi) is 2.39. The number of rotatable bonds is 3. The molecule has 2 rings (SSSR count). The third-order valence-electron chi connectivity index (χ3n) is 3.81. The second-order valence-electron chi connectivity index (χ2n) is 5.94. The summed E-state index contributed by atoms with van der Waals surface area (Å²) in [6, 6.07) is 0.885. The molecule has 0 heterocycles. The van der Waals surface area contributed by atoms with Crippen LogP contribution in [0.15, 0.2) is 0 Å². The molecule has 0 saturated heterocycles. The van der Waals surface area contributed by atoms with Gasteiger partial charge in [0.05, 0.1) is 0 Å². The van der Waals surface area contributed by atoms with E-state index < -0.39 is 0 Å². The van der Waals surface area contributed by atoms with Crippen LogP contribution < -0.4 is 0 Å². The first kappa shape index (κ1) is 9.51. The van der Waals surface area contributed by atoms with Crippen LogP contribution in [0.2, 0.25) is 0 Å². The smallest absolute Gasteiger partial charge is 0.00976 e. The molecule has 0 N–H and O–H groups in total. The van der Waals surface area contributed by atoms with Crippen molar-refractivity contribution in [3.05, 3.63) is 0 Å². The fourth-order valence-corrected chi connectivity index (χ4v) is 2.63. The first-order chi connectivity index (χ1) is 6.07. The molecule has 2 fully saturated rings. The van der Waals surface area contributed by atoms with E-state index in [4.69, 9.17) is 0 Å². The molecule has 2 aliphatic carbocycles. The second kappa shape index (κ2) is 3.27. The molecule has 0 aromatic heterocycles. The van der Waals surface area contributed by atoms with Gasteiger partial charge in [0.1, 0.15) is 0 Å². The molecule has 0 aliphatic heterocycles. The maximum atomic E-state index is 2.62. The molecule has 1 nitrogen and oxygen atoms in total. The average molecular weight is 181 g/mol. The Morgan fingerprint density at radius 1 is 1.23 bits per heavy atom. The summed E-state index contributed by atoms with van der Waals surface area (Å²) in [5, 5.41) is 0. The molecule has 2 saturated carbocycles. The summed E-state index contributed by atoms with van der Waals surface area (Å²) in [6.45, 7) is 6.19. The Balaban J connectivity index is 1.80. The zero-order chi connectivity index (χ0) is 9.47. The number of nitrogens with zero attached hydrogens (tertiary/aromatic N) is 1. The highest BCUT2D eigenvalue weighted by atomic mass is 15.1. The van der Waals surface area contributed by atoms with Crippen LogP contribution in [0, 0.1) is 11.3 Å². The zero-order valence-electron chi connectivity index (χ0n) is 9.34. The van der Waals surface area contributed by atoms with Crippen molar-refractivity contribution in [3.8, 4) is 0 Å². The van der Waals surface area contributed by atoms with Gasteiger partial charge in [0.2, 0.25) is 0 Å². The Bertz CT molecular complexity index is 182. The predicted octanol–water partition coefficient (Wildman–Crippen LogP) is 2.91. The molecule has 0 radical (unpaired) electrons. The average Bonchev–Trinajstić information content (AvgIpc) is 2.75. The lowest BCUT2D eigenvalue weighted by Gasteiger charge is -2.25. The lowest BCUT2D eigenvalue weighted by Crippen LogP contribution is -2.31. The molecule has 0 bridgehead atoms. The molecular formula is C12H23N. The van der Waals surface area contributed by atoms with E-state index in [-0.39, 0.29) is 0 Å². The van der Waals surface area contributed by atoms with Crippen LogP contribution in [0.1, 0.15) is 46.0 Å². The van der Waals surface area contributed by atoms with Crippen molar-refractivity contribution >= 4 is 0 Å². The molecule has 0 amide bonds. The highest BCUT2D eigenvalue weighted by Gasteiger charge is 2.34. The van der Waals surface area contributed by atoms with Gasteiger partial charge in [-0.1, -0.05) is 13.8 Å². The lowest BCUT2D eigenvalue weighted by atomic mass is 9.91. The van der Waals surface area contributed by atoms with E-state index in [0.29, 0.717) is 5.41 Å². The van der Waals surface area contributed by atoms with Crippen LogP contribution in [0.5, 0.6) is 0 Å². The van der Waals surface area contributed by atoms with Crippen molar-refractivity contribution in [2.24, 2.45) is 11.3 Å². The SMILES string of the molecule is CN(CC1CC1)C1CCC(C)(C)C1. The van der Waals surface area contributed by atoms with E-state index in [1.165, 1.54) is 38.6 Å². The fraction of sp³-hybridized carbons (Fsp3) is 1.00. The van der Waals surface area contributed by atoms with Gasteiger partial charge in [0.25, 0.3) is 0 Å². The largest absolute Gasteiger partial charge is 0.303 e. The van der Waals surface area contributed by atoms with Crippen molar-refractivity contribution in [3.63, 3.8) is 0 Å². The summed E-state index contributed by atoms with van der Waals surface area (Å²) in [6.07, 6.45) is 7.24. The normalized spacial score (nSPS) is 32.8. The molecular weight excluding hydrogens is 158 g/mol. The number of hydrogen-bond donors (Lipinski definition) is 0. The summed E-state index contributed by atoms with van der Waals surface area (Å²) in [5.41, 5.74) is 0.614. The standard InChI is InChI=1S/C12H23N/c1-12(2)7-6-11(8-12)13(3)9-10-4-5-10/h10-11H,4-9H2,1-3H3.